The number of ketones is 2. The van der Waals surface area contributed by atoms with Gasteiger partial charge in [0.05, 0.1) is 6.04 Å². The van der Waals surface area contributed by atoms with Gasteiger partial charge in [0.1, 0.15) is 0 Å². The molecule has 3 nitrogen and oxygen atoms in total. The summed E-state index contributed by atoms with van der Waals surface area (Å²) < 4.78 is 0. The first-order valence-corrected chi connectivity index (χ1v) is 9.10. The number of carbonyl (C=O) groups excluding carboxylic acids is 2. The van der Waals surface area contributed by atoms with Crippen LogP contribution in [0.25, 0.3) is 0 Å². The van der Waals surface area contributed by atoms with Crippen LogP contribution in [0.15, 0.2) is 60.7 Å². The van der Waals surface area contributed by atoms with E-state index in [-0.39, 0.29) is 24.0 Å². The predicted octanol–water partition coefficient (Wildman–Crippen LogP) is 4.39. The molecule has 25 heavy (non-hydrogen) atoms. The lowest BCUT2D eigenvalue weighted by Crippen LogP contribution is -2.49. The Bertz CT molecular complexity index is 711. The van der Waals surface area contributed by atoms with E-state index in [4.69, 9.17) is 0 Å². The van der Waals surface area contributed by atoms with Crippen LogP contribution in [0.2, 0.25) is 0 Å². The standard InChI is InChI=1S/C22H25NO2/c1-17-10-8-9-15-23(17)20(22(25)19-13-6-3-7-14-19)16-21(24)18-11-4-2-5-12-18/h2-7,11-14,17,20H,8-10,15-16H2,1H3/t17-,20+/m1/s1. The lowest BCUT2D eigenvalue weighted by Gasteiger charge is -2.38. The van der Waals surface area contributed by atoms with Crippen LogP contribution < -0.4 is 0 Å². The molecule has 130 valence electrons. The van der Waals surface area contributed by atoms with Gasteiger partial charge in [-0.1, -0.05) is 67.1 Å². The summed E-state index contributed by atoms with van der Waals surface area (Å²) in [5.41, 5.74) is 1.36. The van der Waals surface area contributed by atoms with Gasteiger partial charge in [-0.25, -0.2) is 0 Å². The van der Waals surface area contributed by atoms with E-state index in [1.54, 1.807) is 0 Å². The molecule has 2 aromatic rings. The molecule has 0 radical (unpaired) electrons. The number of nitrogens with zero attached hydrogens (tertiary/aromatic N) is 1. The number of piperidine rings is 1. The first kappa shape index (κ1) is 17.6. The molecule has 1 saturated heterocycles. The molecule has 2 aromatic carbocycles. The molecule has 1 heterocycles. The largest absolute Gasteiger partial charge is 0.294 e. The first-order valence-electron chi connectivity index (χ1n) is 9.10. The lowest BCUT2D eigenvalue weighted by molar-refractivity contribution is 0.0605. The van der Waals surface area contributed by atoms with Crippen molar-refractivity contribution in [3.05, 3.63) is 71.8 Å². The minimum atomic E-state index is -0.384. The summed E-state index contributed by atoms with van der Waals surface area (Å²) in [4.78, 5) is 28.2. The fraction of sp³-hybridized carbons (Fsp3) is 0.364. The Balaban J connectivity index is 1.86. The molecule has 1 aliphatic rings. The Labute approximate surface area is 149 Å². The Morgan fingerprint density at radius 1 is 0.960 bits per heavy atom. The maximum atomic E-state index is 13.2. The molecule has 0 amide bonds. The first-order chi connectivity index (χ1) is 12.2. The topological polar surface area (TPSA) is 37.4 Å². The Kier molecular flexibility index (Phi) is 5.77. The summed E-state index contributed by atoms with van der Waals surface area (Å²) in [5.74, 6) is 0.0892. The minimum absolute atomic E-state index is 0.0349. The SMILES string of the molecule is C[C@@H]1CCCCN1[C@@H](CC(=O)c1ccccc1)C(=O)c1ccccc1. The smallest absolute Gasteiger partial charge is 0.180 e. The number of Topliss-reactive ketones (excluding diaryl/α,β-unsaturated/α-hetero) is 2. The maximum Gasteiger partial charge on any atom is 0.180 e. The number of hydrogen-bond acceptors (Lipinski definition) is 3. The van der Waals surface area contributed by atoms with Crippen LogP contribution in [0.1, 0.15) is 53.3 Å². The number of benzene rings is 2. The Morgan fingerprint density at radius 3 is 2.16 bits per heavy atom. The van der Waals surface area contributed by atoms with Crippen molar-refractivity contribution in [2.45, 2.75) is 44.7 Å². The molecule has 2 atom stereocenters. The molecule has 0 spiro atoms. The van der Waals surface area contributed by atoms with E-state index >= 15 is 0 Å². The number of rotatable bonds is 6. The van der Waals surface area contributed by atoms with Gasteiger partial charge >= 0.3 is 0 Å². The molecule has 0 saturated carbocycles. The maximum absolute atomic E-state index is 13.2. The van der Waals surface area contributed by atoms with Crippen molar-refractivity contribution in [1.82, 2.24) is 4.90 Å². The van der Waals surface area contributed by atoms with Crippen LogP contribution in [0.5, 0.6) is 0 Å². The highest BCUT2D eigenvalue weighted by Crippen LogP contribution is 2.24. The van der Waals surface area contributed by atoms with Gasteiger partial charge in [-0.05, 0) is 26.3 Å². The second-order valence-electron chi connectivity index (χ2n) is 6.82. The molecular weight excluding hydrogens is 310 g/mol. The minimum Gasteiger partial charge on any atom is -0.294 e. The zero-order valence-electron chi connectivity index (χ0n) is 14.7. The second kappa shape index (κ2) is 8.21. The van der Waals surface area contributed by atoms with Crippen LogP contribution in [-0.2, 0) is 0 Å². The molecule has 3 heteroatoms. The van der Waals surface area contributed by atoms with Crippen molar-refractivity contribution < 1.29 is 9.59 Å². The van der Waals surface area contributed by atoms with Crippen molar-refractivity contribution in [3.63, 3.8) is 0 Å². The number of likely N-dealkylation sites (tertiary alicyclic amines) is 1. The zero-order chi connectivity index (χ0) is 17.6. The van der Waals surface area contributed by atoms with E-state index in [1.165, 1.54) is 6.42 Å². The average molecular weight is 335 g/mol. The molecule has 3 rings (SSSR count). The van der Waals surface area contributed by atoms with Gasteiger partial charge in [-0.3, -0.25) is 14.5 Å². The Morgan fingerprint density at radius 2 is 1.56 bits per heavy atom. The van der Waals surface area contributed by atoms with Crippen LogP contribution in [0.4, 0.5) is 0 Å². The molecule has 1 aliphatic heterocycles. The monoisotopic (exact) mass is 335 g/mol. The summed E-state index contributed by atoms with van der Waals surface area (Å²) in [6.45, 7) is 3.05. The van der Waals surface area contributed by atoms with Crippen LogP contribution in [-0.4, -0.2) is 35.1 Å². The van der Waals surface area contributed by atoms with Gasteiger partial charge in [0.2, 0.25) is 0 Å². The van der Waals surface area contributed by atoms with E-state index in [0.717, 1.165) is 19.4 Å². The molecular formula is C22H25NO2. The van der Waals surface area contributed by atoms with Gasteiger partial charge in [0.25, 0.3) is 0 Å². The van der Waals surface area contributed by atoms with Crippen molar-refractivity contribution in [2.24, 2.45) is 0 Å². The lowest BCUT2D eigenvalue weighted by atomic mass is 9.92. The highest BCUT2D eigenvalue weighted by atomic mass is 16.1. The van der Waals surface area contributed by atoms with Crippen LogP contribution >= 0.6 is 0 Å². The van der Waals surface area contributed by atoms with Crippen LogP contribution in [0, 0.1) is 0 Å². The van der Waals surface area contributed by atoms with Gasteiger partial charge < -0.3 is 0 Å². The highest BCUT2D eigenvalue weighted by Gasteiger charge is 2.33. The molecule has 0 aliphatic carbocycles. The summed E-state index contributed by atoms with van der Waals surface area (Å²) in [7, 11) is 0. The normalized spacial score (nSPS) is 19.3. The molecule has 0 unspecified atom stereocenters. The van der Waals surface area contributed by atoms with E-state index in [1.807, 2.05) is 60.7 Å². The van der Waals surface area contributed by atoms with E-state index in [0.29, 0.717) is 17.2 Å². The second-order valence-corrected chi connectivity index (χ2v) is 6.82. The van der Waals surface area contributed by atoms with E-state index < -0.39 is 0 Å². The van der Waals surface area contributed by atoms with Crippen molar-refractivity contribution in [1.29, 1.82) is 0 Å². The summed E-state index contributed by atoms with van der Waals surface area (Å²) in [6, 6.07) is 18.6. The quantitative estimate of drug-likeness (QED) is 0.735. The van der Waals surface area contributed by atoms with Crippen molar-refractivity contribution in [3.8, 4) is 0 Å². The fourth-order valence-electron chi connectivity index (χ4n) is 3.66. The highest BCUT2D eigenvalue weighted by molar-refractivity contribution is 6.05. The third kappa shape index (κ3) is 4.23. The summed E-state index contributed by atoms with van der Waals surface area (Å²) >= 11 is 0. The number of hydrogen-bond donors (Lipinski definition) is 0. The molecule has 0 N–H and O–H groups in total. The third-order valence-corrected chi connectivity index (χ3v) is 5.09. The fourth-order valence-corrected chi connectivity index (χ4v) is 3.66. The molecule has 0 aromatic heterocycles. The average Bonchev–Trinajstić information content (AvgIpc) is 2.67. The van der Waals surface area contributed by atoms with Crippen molar-refractivity contribution in [2.75, 3.05) is 6.54 Å². The Hall–Kier alpha value is -2.26. The third-order valence-electron chi connectivity index (χ3n) is 5.09. The predicted molar refractivity (Wildman–Crippen MR) is 100.0 cm³/mol. The van der Waals surface area contributed by atoms with Gasteiger partial charge in [-0.15, -0.1) is 0 Å². The van der Waals surface area contributed by atoms with Gasteiger partial charge in [0.15, 0.2) is 11.6 Å². The van der Waals surface area contributed by atoms with Crippen molar-refractivity contribution >= 4 is 11.6 Å². The molecule has 0 bridgehead atoms. The van der Waals surface area contributed by atoms with E-state index in [2.05, 4.69) is 11.8 Å². The zero-order valence-corrected chi connectivity index (χ0v) is 14.7. The summed E-state index contributed by atoms with van der Waals surface area (Å²) in [5, 5.41) is 0. The van der Waals surface area contributed by atoms with Gasteiger partial charge in [0, 0.05) is 23.6 Å². The number of carbonyl (C=O) groups is 2. The molecule has 1 fully saturated rings. The summed E-state index contributed by atoms with van der Waals surface area (Å²) in [6.07, 6.45) is 3.60. The van der Waals surface area contributed by atoms with Gasteiger partial charge in [-0.2, -0.15) is 0 Å². The van der Waals surface area contributed by atoms with Crippen LogP contribution in [0.3, 0.4) is 0 Å². The van der Waals surface area contributed by atoms with E-state index in [9.17, 15) is 9.59 Å².